The van der Waals surface area contributed by atoms with Gasteiger partial charge in [0, 0.05) is 46.8 Å². The molecule has 4 nitrogen and oxygen atoms in total. The van der Waals surface area contributed by atoms with E-state index in [1.165, 1.54) is 90.8 Å². The Balaban J connectivity index is 0.000000272. The molecular weight excluding hydrogens is 1380 g/mol. The molecule has 0 aliphatic rings. The number of nitrogens with zero attached hydrogens (tertiary/aromatic N) is 2. The van der Waals surface area contributed by atoms with Gasteiger partial charge in [0.1, 0.15) is 0 Å². The molecule has 3 aromatic heterocycles. The quantitative estimate of drug-likeness (QED) is 0.128. The summed E-state index contributed by atoms with van der Waals surface area (Å²) >= 11 is 0. The first kappa shape index (κ1) is 97.2. The highest BCUT2D eigenvalue weighted by atomic mass is 14.9. The summed E-state index contributed by atoms with van der Waals surface area (Å²) in [5, 5.41) is 1.36. The molecule has 0 atom stereocenters. The topological polar surface area (TPSA) is 57.4 Å². The molecule has 0 radical (unpaired) electrons. The standard InChI is InChI=1S/2C17H20.C13H17N.C12H18.3C11H16.C10H15N.C8H14N2/c1-17(2,3)16(14-10-6-4-7-11-14)15-12-8-5-9-13-15;1-17(2,3)13-14-9-11-16(12-10-14)15-7-5-4-6-8-15;1-13(2,3)8-10-9-14-12-7-5-4-6-11(10)12;1-12(2,3)10-9-11-7-5-4-6-8-11;3*1-11(2,3)9-10-7-5-4-6-8-10;1-10(2,3)8-9-6-4-5-7-11-9;1-8(2,3)4-7-5-9-6-10-7/h4-13,16H,1-3H3;4-12H,13H2,1-3H3;4-7,9,14H,8H2,1-3H3;4-8H,9-10H2,1-3H3;3*4-8H,9H2,1-3H3;4-7H,8H2,1-3H3;5-6H,4H2,1-3H3,(H,9,10). The van der Waals surface area contributed by atoms with Crippen LogP contribution in [0.15, 0.2) is 304 Å². The predicted octanol–water partition coefficient (Wildman–Crippen LogP) is 31.7. The van der Waals surface area contributed by atoms with Crippen molar-refractivity contribution in [3.8, 4) is 11.1 Å². The van der Waals surface area contributed by atoms with E-state index in [1.807, 2.05) is 24.5 Å². The largest absolute Gasteiger partial charge is 0.361 e. The van der Waals surface area contributed by atoms with Crippen molar-refractivity contribution >= 4 is 10.9 Å². The van der Waals surface area contributed by atoms with E-state index in [0.717, 1.165) is 44.9 Å². The summed E-state index contributed by atoms with van der Waals surface area (Å²) in [4.78, 5) is 14.6. The van der Waals surface area contributed by atoms with Crippen LogP contribution in [0.5, 0.6) is 0 Å². The average Bonchev–Trinajstić information content (AvgIpc) is 1.12. The number of aromatic nitrogens is 4. The third kappa shape index (κ3) is 46.9. The van der Waals surface area contributed by atoms with Gasteiger partial charge in [0.25, 0.3) is 0 Å². The number of benzene rings is 9. The fourth-order valence-electron chi connectivity index (χ4n) is 13.2. The van der Waals surface area contributed by atoms with Crippen molar-refractivity contribution in [2.24, 2.45) is 48.7 Å². The molecule has 0 spiro atoms. The number of hydrogen-bond acceptors (Lipinski definition) is 2. The molecule has 0 aliphatic carbocycles. The van der Waals surface area contributed by atoms with Gasteiger partial charge in [-0.1, -0.05) is 448 Å². The van der Waals surface area contributed by atoms with E-state index < -0.39 is 0 Å². The third-order valence-corrected chi connectivity index (χ3v) is 17.8. The van der Waals surface area contributed by atoms with E-state index in [4.69, 9.17) is 0 Å². The smallest absolute Gasteiger partial charge is 0.0921 e. The molecule has 4 heteroatoms. The molecule has 0 saturated carbocycles. The zero-order chi connectivity index (χ0) is 84.7. The second-order valence-electron chi connectivity index (χ2n) is 41.6. The fraction of sp³-hybridized carbons (Fsp3) is 0.418. The molecule has 12 aromatic rings. The molecule has 0 saturated heterocycles. The Labute approximate surface area is 696 Å². The van der Waals surface area contributed by atoms with Crippen molar-refractivity contribution in [1.82, 2.24) is 19.9 Å². The van der Waals surface area contributed by atoms with E-state index >= 15 is 0 Å². The highest BCUT2D eigenvalue weighted by Crippen LogP contribution is 2.40. The maximum Gasteiger partial charge on any atom is 0.0921 e. The minimum Gasteiger partial charge on any atom is -0.361 e. The highest BCUT2D eigenvalue weighted by molar-refractivity contribution is 5.83. The Morgan fingerprint density at radius 3 is 0.956 bits per heavy atom. The van der Waals surface area contributed by atoms with Crippen LogP contribution in [0.25, 0.3) is 22.0 Å². The van der Waals surface area contributed by atoms with Crippen LogP contribution in [-0.4, -0.2) is 19.9 Å². The van der Waals surface area contributed by atoms with Crippen molar-refractivity contribution in [1.29, 1.82) is 0 Å². The first-order valence-corrected chi connectivity index (χ1v) is 42.0. The number of pyridine rings is 1. The van der Waals surface area contributed by atoms with Gasteiger partial charge >= 0.3 is 0 Å². The van der Waals surface area contributed by atoms with Gasteiger partial charge < -0.3 is 9.97 Å². The van der Waals surface area contributed by atoms with Crippen LogP contribution in [0.1, 0.15) is 255 Å². The summed E-state index contributed by atoms with van der Waals surface area (Å²) in [6, 6.07) is 98.1. The number of H-pyrrole nitrogens is 2. The van der Waals surface area contributed by atoms with Crippen LogP contribution < -0.4 is 0 Å². The van der Waals surface area contributed by atoms with Crippen LogP contribution in [-0.2, 0) is 51.4 Å². The van der Waals surface area contributed by atoms with Crippen molar-refractivity contribution in [2.75, 3.05) is 0 Å². The lowest BCUT2D eigenvalue weighted by Gasteiger charge is -2.31. The number of aryl methyl sites for hydroxylation is 1. The van der Waals surface area contributed by atoms with E-state index in [1.54, 1.807) is 6.33 Å². The number of nitrogens with one attached hydrogen (secondary N) is 2. The summed E-state index contributed by atoms with van der Waals surface area (Å²) < 4.78 is 0. The van der Waals surface area contributed by atoms with Gasteiger partial charge in [-0.25, -0.2) is 4.98 Å². The Kier molecular flexibility index (Phi) is 40.1. The Morgan fingerprint density at radius 1 is 0.281 bits per heavy atom. The Hall–Kier alpha value is -9.12. The van der Waals surface area contributed by atoms with Gasteiger partial charge in [0.15, 0.2) is 0 Å². The minimum absolute atomic E-state index is 0.225. The summed E-state index contributed by atoms with van der Waals surface area (Å²) in [6.45, 7) is 61.1. The maximum absolute atomic E-state index is 4.26. The molecule has 0 fully saturated rings. The summed E-state index contributed by atoms with van der Waals surface area (Å²) in [6.07, 6.45) is 17.9. The summed E-state index contributed by atoms with van der Waals surface area (Å²) in [7, 11) is 0. The number of fused-ring (bicyclic) bond motifs is 1. The summed E-state index contributed by atoms with van der Waals surface area (Å²) in [5.41, 5.74) is 20.9. The molecule has 0 amide bonds. The molecule has 0 aliphatic heterocycles. The van der Waals surface area contributed by atoms with Gasteiger partial charge in [-0.3, -0.25) is 4.98 Å². The molecule has 114 heavy (non-hydrogen) atoms. The lowest BCUT2D eigenvalue weighted by molar-refractivity contribution is 0.358. The van der Waals surface area contributed by atoms with Crippen molar-refractivity contribution < 1.29 is 0 Å². The molecule has 0 bridgehead atoms. The predicted molar refractivity (Wildman–Crippen MR) is 503 cm³/mol. The van der Waals surface area contributed by atoms with Crippen LogP contribution in [0.3, 0.4) is 0 Å². The van der Waals surface area contributed by atoms with Crippen molar-refractivity contribution in [3.63, 3.8) is 0 Å². The molecular formula is C110H152N4. The fourth-order valence-corrected chi connectivity index (χ4v) is 13.2. The summed E-state index contributed by atoms with van der Waals surface area (Å²) in [5.74, 6) is 0.449. The van der Waals surface area contributed by atoms with E-state index in [-0.39, 0.29) is 5.41 Å². The average molecular weight is 1530 g/mol. The number of rotatable bonds is 12. The SMILES string of the molecule is CC(C)(C)C(c1ccccc1)c1ccccc1.CC(C)(C)CCc1ccccc1.CC(C)(C)Cc1c[nH]c2ccccc12.CC(C)(C)Cc1ccc(-c2ccccc2)cc1.CC(C)(C)Cc1ccccc1.CC(C)(C)Cc1ccccc1.CC(C)(C)Cc1ccccc1.CC(C)(C)Cc1ccccn1.CC(C)(C)Cc1cnc[nH]1. The van der Waals surface area contributed by atoms with Gasteiger partial charge in [0.2, 0.25) is 0 Å². The lowest BCUT2D eigenvalue weighted by atomic mass is 9.73. The number of imidazole rings is 1. The van der Waals surface area contributed by atoms with Crippen LogP contribution in [0.4, 0.5) is 0 Å². The molecule has 9 aromatic carbocycles. The number of hydrogen-bond donors (Lipinski definition) is 2. The molecule has 3 heterocycles. The zero-order valence-corrected chi connectivity index (χ0v) is 76.2. The third-order valence-electron chi connectivity index (χ3n) is 17.8. The number of para-hydroxylation sites is 1. The first-order chi connectivity index (χ1) is 53.2. The number of aromatic amines is 2. The second-order valence-corrected chi connectivity index (χ2v) is 41.6. The van der Waals surface area contributed by atoms with Gasteiger partial charge in [-0.15, -0.1) is 0 Å². The maximum atomic E-state index is 4.26. The van der Waals surface area contributed by atoms with E-state index in [0.29, 0.717) is 49.2 Å². The Morgan fingerprint density at radius 2 is 0.614 bits per heavy atom. The molecule has 12 rings (SSSR count). The van der Waals surface area contributed by atoms with Gasteiger partial charge in [0.05, 0.1) is 6.33 Å². The highest BCUT2D eigenvalue weighted by Gasteiger charge is 2.28. The lowest BCUT2D eigenvalue weighted by Crippen LogP contribution is -2.19. The zero-order valence-electron chi connectivity index (χ0n) is 76.2. The first-order valence-electron chi connectivity index (χ1n) is 42.0. The van der Waals surface area contributed by atoms with E-state index in [9.17, 15) is 0 Å². The Bertz CT molecular complexity index is 4120. The molecule has 0 unspecified atom stereocenters. The van der Waals surface area contributed by atoms with E-state index in [2.05, 4.69) is 480 Å². The van der Waals surface area contributed by atoms with Crippen LogP contribution >= 0.6 is 0 Å². The van der Waals surface area contributed by atoms with Crippen molar-refractivity contribution in [3.05, 3.63) is 360 Å². The monoisotopic (exact) mass is 1530 g/mol. The normalized spacial score (nSPS) is 11.7. The second kappa shape index (κ2) is 47.0. The minimum atomic E-state index is 0.225. The van der Waals surface area contributed by atoms with Crippen LogP contribution in [0, 0.1) is 48.7 Å². The molecule has 2 N–H and O–H groups in total. The van der Waals surface area contributed by atoms with Crippen molar-refractivity contribution in [2.45, 2.75) is 251 Å². The van der Waals surface area contributed by atoms with Crippen LogP contribution in [0.2, 0.25) is 0 Å². The van der Waals surface area contributed by atoms with Gasteiger partial charge in [-0.2, -0.15) is 0 Å². The molecule has 612 valence electrons. The van der Waals surface area contributed by atoms with Gasteiger partial charge in [-0.05, 0) is 180 Å².